The van der Waals surface area contributed by atoms with Gasteiger partial charge in [-0.3, -0.25) is 9.29 Å². The van der Waals surface area contributed by atoms with Gasteiger partial charge in [0.1, 0.15) is 0 Å². The Labute approximate surface area is 122 Å². The van der Waals surface area contributed by atoms with Crippen molar-refractivity contribution in [1.82, 2.24) is 10.2 Å². The molecular formula is C17H27FN2. The third kappa shape index (κ3) is 4.29. The normalized spacial score (nSPS) is 27.6. The minimum absolute atomic E-state index is 0.220. The van der Waals surface area contributed by atoms with Crippen molar-refractivity contribution in [3.8, 4) is 0 Å². The van der Waals surface area contributed by atoms with Crippen LogP contribution in [0, 0.1) is 11.8 Å². The molecule has 1 heterocycles. The van der Waals surface area contributed by atoms with E-state index in [1.807, 2.05) is 0 Å². The quantitative estimate of drug-likeness (QED) is 0.804. The van der Waals surface area contributed by atoms with Gasteiger partial charge < -0.3 is 5.32 Å². The van der Waals surface area contributed by atoms with Crippen LogP contribution in [0.4, 0.5) is 4.39 Å². The summed E-state index contributed by atoms with van der Waals surface area (Å²) < 4.78 is 12.2. The monoisotopic (exact) mass is 278 g/mol. The summed E-state index contributed by atoms with van der Waals surface area (Å²) in [6.45, 7) is 8.46. The first-order valence-electron chi connectivity index (χ1n) is 7.76. The Morgan fingerprint density at radius 2 is 1.80 bits per heavy atom. The predicted molar refractivity (Wildman–Crippen MR) is 82.4 cm³/mol. The first-order chi connectivity index (χ1) is 9.70. The topological polar surface area (TPSA) is 15.3 Å². The van der Waals surface area contributed by atoms with Crippen LogP contribution in [-0.4, -0.2) is 37.3 Å². The Hall–Kier alpha value is -0.930. The molecule has 0 saturated carbocycles. The van der Waals surface area contributed by atoms with Crippen molar-refractivity contribution in [2.75, 3.05) is 26.3 Å². The lowest BCUT2D eigenvalue weighted by Gasteiger charge is -2.42. The number of piperidine rings is 1. The van der Waals surface area contributed by atoms with E-state index in [1.165, 1.54) is 5.56 Å². The van der Waals surface area contributed by atoms with Gasteiger partial charge in [-0.2, -0.15) is 0 Å². The van der Waals surface area contributed by atoms with Gasteiger partial charge in [0.2, 0.25) is 0 Å². The number of hydrogen-bond acceptors (Lipinski definition) is 2. The van der Waals surface area contributed by atoms with Crippen molar-refractivity contribution < 1.29 is 4.39 Å². The fraction of sp³-hybridized carbons (Fsp3) is 0.647. The Balaban J connectivity index is 1.85. The van der Waals surface area contributed by atoms with E-state index in [9.17, 15) is 4.39 Å². The molecule has 1 aromatic rings. The van der Waals surface area contributed by atoms with E-state index in [-0.39, 0.29) is 6.67 Å². The highest BCUT2D eigenvalue weighted by molar-refractivity contribution is 5.14. The van der Waals surface area contributed by atoms with E-state index in [0.29, 0.717) is 24.3 Å². The van der Waals surface area contributed by atoms with Gasteiger partial charge in [0, 0.05) is 25.7 Å². The molecule has 1 aliphatic rings. The van der Waals surface area contributed by atoms with Crippen LogP contribution in [-0.2, 0) is 6.54 Å². The van der Waals surface area contributed by atoms with Gasteiger partial charge >= 0.3 is 0 Å². The van der Waals surface area contributed by atoms with Crippen LogP contribution in [0.25, 0.3) is 0 Å². The lowest BCUT2D eigenvalue weighted by Crippen LogP contribution is -2.53. The second-order valence-corrected chi connectivity index (χ2v) is 6.16. The Morgan fingerprint density at radius 1 is 1.15 bits per heavy atom. The fourth-order valence-electron chi connectivity index (χ4n) is 3.39. The van der Waals surface area contributed by atoms with E-state index >= 15 is 0 Å². The summed E-state index contributed by atoms with van der Waals surface area (Å²) in [5.41, 5.74) is 1.38. The standard InChI is InChI=1S/C17H27FN2/c1-14-11-20(13-16-7-4-3-5-8-16)12-15(2)17(14)19-10-6-9-18/h3-5,7-8,14-15,17,19H,6,9-13H2,1-2H3/t14-,15+,17?. The molecule has 0 bridgehead atoms. The number of benzene rings is 1. The zero-order valence-corrected chi connectivity index (χ0v) is 12.7. The Kier molecular flexibility index (Phi) is 5.99. The third-order valence-electron chi connectivity index (χ3n) is 4.26. The largest absolute Gasteiger partial charge is 0.313 e. The van der Waals surface area contributed by atoms with E-state index in [4.69, 9.17) is 0 Å². The van der Waals surface area contributed by atoms with E-state index in [2.05, 4.69) is 54.4 Å². The maximum absolute atomic E-state index is 12.2. The summed E-state index contributed by atoms with van der Waals surface area (Å²) in [4.78, 5) is 2.54. The lowest BCUT2D eigenvalue weighted by atomic mass is 9.85. The number of nitrogens with one attached hydrogen (secondary N) is 1. The van der Waals surface area contributed by atoms with Crippen molar-refractivity contribution in [2.45, 2.75) is 32.9 Å². The van der Waals surface area contributed by atoms with Crippen molar-refractivity contribution in [3.05, 3.63) is 35.9 Å². The Morgan fingerprint density at radius 3 is 2.40 bits per heavy atom. The van der Waals surface area contributed by atoms with Crippen LogP contribution >= 0.6 is 0 Å². The summed E-state index contributed by atoms with van der Waals surface area (Å²) in [5, 5.41) is 3.54. The van der Waals surface area contributed by atoms with Crippen LogP contribution in [0.3, 0.4) is 0 Å². The third-order valence-corrected chi connectivity index (χ3v) is 4.26. The molecule has 2 nitrogen and oxygen atoms in total. The predicted octanol–water partition coefficient (Wildman–Crippen LogP) is 3.09. The number of hydrogen-bond donors (Lipinski definition) is 1. The number of alkyl halides is 1. The number of nitrogens with zero attached hydrogens (tertiary/aromatic N) is 1. The highest BCUT2D eigenvalue weighted by Crippen LogP contribution is 2.23. The lowest BCUT2D eigenvalue weighted by molar-refractivity contribution is 0.0945. The zero-order valence-electron chi connectivity index (χ0n) is 12.7. The fourth-order valence-corrected chi connectivity index (χ4v) is 3.39. The summed E-state index contributed by atoms with van der Waals surface area (Å²) >= 11 is 0. The molecule has 1 fully saturated rings. The molecule has 1 N–H and O–H groups in total. The van der Waals surface area contributed by atoms with Gasteiger partial charge in [-0.15, -0.1) is 0 Å². The van der Waals surface area contributed by atoms with Crippen LogP contribution in [0.1, 0.15) is 25.8 Å². The molecule has 1 aromatic carbocycles. The molecule has 112 valence electrons. The molecule has 0 radical (unpaired) electrons. The van der Waals surface area contributed by atoms with Crippen molar-refractivity contribution >= 4 is 0 Å². The number of likely N-dealkylation sites (tertiary alicyclic amines) is 1. The molecule has 3 atom stereocenters. The van der Waals surface area contributed by atoms with Crippen molar-refractivity contribution in [1.29, 1.82) is 0 Å². The summed E-state index contributed by atoms with van der Waals surface area (Å²) in [7, 11) is 0. The van der Waals surface area contributed by atoms with Crippen LogP contribution in [0.15, 0.2) is 30.3 Å². The SMILES string of the molecule is C[C@@H]1CN(Cc2ccccc2)C[C@H](C)C1NCCCF. The van der Waals surface area contributed by atoms with Crippen molar-refractivity contribution in [3.63, 3.8) is 0 Å². The summed E-state index contributed by atoms with van der Waals surface area (Å²) in [6, 6.07) is 11.2. The highest BCUT2D eigenvalue weighted by atomic mass is 19.1. The second kappa shape index (κ2) is 7.75. The molecular weight excluding hydrogens is 251 g/mol. The number of halogens is 1. The van der Waals surface area contributed by atoms with Crippen LogP contribution in [0.2, 0.25) is 0 Å². The van der Waals surface area contributed by atoms with Crippen LogP contribution in [0.5, 0.6) is 0 Å². The molecule has 1 saturated heterocycles. The number of rotatable bonds is 6. The summed E-state index contributed by atoms with van der Waals surface area (Å²) in [5.74, 6) is 1.23. The molecule has 1 unspecified atom stereocenters. The van der Waals surface area contributed by atoms with Crippen LogP contribution < -0.4 is 5.32 Å². The first kappa shape index (κ1) is 15.5. The molecule has 0 amide bonds. The van der Waals surface area contributed by atoms with E-state index in [1.54, 1.807) is 0 Å². The van der Waals surface area contributed by atoms with Gasteiger partial charge in [0.15, 0.2) is 0 Å². The van der Waals surface area contributed by atoms with Gasteiger partial charge in [-0.05, 0) is 30.4 Å². The van der Waals surface area contributed by atoms with Crippen molar-refractivity contribution in [2.24, 2.45) is 11.8 Å². The maximum atomic E-state index is 12.2. The van der Waals surface area contributed by atoms with Gasteiger partial charge in [-0.1, -0.05) is 44.2 Å². The maximum Gasteiger partial charge on any atom is 0.0906 e. The van der Waals surface area contributed by atoms with E-state index < -0.39 is 0 Å². The van der Waals surface area contributed by atoms with Gasteiger partial charge in [0.25, 0.3) is 0 Å². The average Bonchev–Trinajstić information content (AvgIpc) is 2.43. The highest BCUT2D eigenvalue weighted by Gasteiger charge is 2.31. The van der Waals surface area contributed by atoms with E-state index in [0.717, 1.165) is 26.2 Å². The summed E-state index contributed by atoms with van der Waals surface area (Å²) in [6.07, 6.45) is 0.629. The zero-order chi connectivity index (χ0) is 14.4. The molecule has 20 heavy (non-hydrogen) atoms. The molecule has 1 aliphatic heterocycles. The Bertz CT molecular complexity index is 370. The average molecular weight is 278 g/mol. The first-order valence-corrected chi connectivity index (χ1v) is 7.76. The molecule has 3 heteroatoms. The molecule has 0 aromatic heterocycles. The minimum atomic E-state index is -0.220. The molecule has 0 aliphatic carbocycles. The second-order valence-electron chi connectivity index (χ2n) is 6.16. The smallest absolute Gasteiger partial charge is 0.0906 e. The van der Waals surface area contributed by atoms with Gasteiger partial charge in [0.05, 0.1) is 6.67 Å². The molecule has 0 spiro atoms. The minimum Gasteiger partial charge on any atom is -0.313 e. The van der Waals surface area contributed by atoms with Gasteiger partial charge in [-0.25, -0.2) is 0 Å². The molecule has 2 rings (SSSR count).